The third-order valence-electron chi connectivity index (χ3n) is 4.76. The van der Waals surface area contributed by atoms with Gasteiger partial charge in [-0.2, -0.15) is 0 Å². The number of aliphatic hydroxyl groups is 1. The Balaban J connectivity index is 1.69. The highest BCUT2D eigenvalue weighted by Crippen LogP contribution is 2.34. The van der Waals surface area contributed by atoms with E-state index in [1.54, 1.807) is 0 Å². The van der Waals surface area contributed by atoms with Gasteiger partial charge in [-0.1, -0.05) is 31.0 Å². The number of amides is 1. The smallest absolute Gasteiger partial charge is 0.242 e. The third kappa shape index (κ3) is 3.61. The number of anilines is 1. The van der Waals surface area contributed by atoms with Crippen LogP contribution in [0.4, 0.5) is 5.69 Å². The quantitative estimate of drug-likeness (QED) is 0.841. The normalized spacial score (nSPS) is 18.4. The molecule has 0 radical (unpaired) electrons. The molecule has 3 rings (SSSR count). The molecule has 1 amide bonds. The zero-order chi connectivity index (χ0) is 15.4. The van der Waals surface area contributed by atoms with Crippen LogP contribution in [0.25, 0.3) is 0 Å². The lowest BCUT2D eigenvalue weighted by molar-refractivity contribution is -0.132. The molecule has 1 N–H and O–H groups in total. The van der Waals surface area contributed by atoms with E-state index < -0.39 is 0 Å². The molecule has 1 aromatic carbocycles. The molecule has 4 nitrogen and oxygen atoms in total. The minimum Gasteiger partial charge on any atom is -0.395 e. The molecule has 0 aliphatic heterocycles. The first-order chi connectivity index (χ1) is 10.8. The Morgan fingerprint density at radius 2 is 1.68 bits per heavy atom. The molecule has 120 valence electrons. The Bertz CT molecular complexity index is 481. The average Bonchev–Trinajstić information content (AvgIpc) is 3.22. The van der Waals surface area contributed by atoms with Crippen LogP contribution in [0.5, 0.6) is 0 Å². The zero-order valence-electron chi connectivity index (χ0n) is 13.2. The van der Waals surface area contributed by atoms with Crippen LogP contribution >= 0.6 is 0 Å². The van der Waals surface area contributed by atoms with Crippen LogP contribution in [-0.4, -0.2) is 47.7 Å². The Morgan fingerprint density at radius 3 is 2.27 bits per heavy atom. The Labute approximate surface area is 132 Å². The summed E-state index contributed by atoms with van der Waals surface area (Å²) in [5.41, 5.74) is 1.01. The maximum absolute atomic E-state index is 12.9. The van der Waals surface area contributed by atoms with Crippen molar-refractivity contribution in [1.29, 1.82) is 0 Å². The van der Waals surface area contributed by atoms with Crippen LogP contribution in [0, 0.1) is 0 Å². The predicted molar refractivity (Wildman–Crippen MR) is 87.9 cm³/mol. The van der Waals surface area contributed by atoms with Gasteiger partial charge < -0.3 is 14.9 Å². The van der Waals surface area contributed by atoms with Crippen molar-refractivity contribution in [3.8, 4) is 0 Å². The number of aliphatic hydroxyl groups excluding tert-OH is 1. The minimum atomic E-state index is 0.0645. The number of hydrogen-bond donors (Lipinski definition) is 1. The molecule has 1 aromatic rings. The molecule has 0 unspecified atom stereocenters. The van der Waals surface area contributed by atoms with E-state index in [4.69, 9.17) is 0 Å². The number of hydrogen-bond acceptors (Lipinski definition) is 3. The highest BCUT2D eigenvalue weighted by Gasteiger charge is 2.38. The van der Waals surface area contributed by atoms with Crippen molar-refractivity contribution in [3.63, 3.8) is 0 Å². The summed E-state index contributed by atoms with van der Waals surface area (Å²) < 4.78 is 0. The van der Waals surface area contributed by atoms with E-state index in [9.17, 15) is 9.90 Å². The van der Waals surface area contributed by atoms with Gasteiger partial charge in [0, 0.05) is 24.3 Å². The fraction of sp³-hybridized carbons (Fsp3) is 0.611. The van der Waals surface area contributed by atoms with Crippen molar-refractivity contribution in [2.24, 2.45) is 0 Å². The third-order valence-corrected chi connectivity index (χ3v) is 4.76. The van der Waals surface area contributed by atoms with E-state index in [-0.39, 0.29) is 12.5 Å². The van der Waals surface area contributed by atoms with Gasteiger partial charge in [0.05, 0.1) is 13.2 Å². The van der Waals surface area contributed by atoms with E-state index >= 15 is 0 Å². The van der Waals surface area contributed by atoms with Gasteiger partial charge in [0.2, 0.25) is 5.91 Å². The molecule has 22 heavy (non-hydrogen) atoms. The summed E-state index contributed by atoms with van der Waals surface area (Å²) in [5.74, 6) is 0.228. The maximum atomic E-state index is 12.9. The standard InChI is InChI=1S/C18H26N2O2/c21-13-12-19(15-6-2-1-3-7-15)14-18(22)20(17-10-11-17)16-8-4-5-9-16/h1-3,6-7,16-17,21H,4-5,8-14H2. The van der Waals surface area contributed by atoms with Gasteiger partial charge in [0.15, 0.2) is 0 Å². The van der Waals surface area contributed by atoms with Crippen molar-refractivity contribution < 1.29 is 9.90 Å². The molecule has 0 saturated heterocycles. The van der Waals surface area contributed by atoms with Gasteiger partial charge in [-0.05, 0) is 37.8 Å². The number of carbonyl (C=O) groups excluding carboxylic acids is 1. The topological polar surface area (TPSA) is 43.8 Å². The molecular weight excluding hydrogens is 276 g/mol. The SMILES string of the molecule is O=C(CN(CCO)c1ccccc1)N(C1CCCC1)C1CC1. The van der Waals surface area contributed by atoms with Gasteiger partial charge in [-0.15, -0.1) is 0 Å². The molecule has 0 heterocycles. The second kappa shape index (κ2) is 7.14. The predicted octanol–water partition coefficient (Wildman–Crippen LogP) is 2.42. The summed E-state index contributed by atoms with van der Waals surface area (Å²) in [6.07, 6.45) is 7.14. The summed E-state index contributed by atoms with van der Waals surface area (Å²) in [6.45, 7) is 0.936. The summed E-state index contributed by atoms with van der Waals surface area (Å²) in [6, 6.07) is 10.8. The molecule has 0 spiro atoms. The van der Waals surface area contributed by atoms with Crippen LogP contribution in [0.15, 0.2) is 30.3 Å². The Hall–Kier alpha value is -1.55. The number of para-hydroxylation sites is 1. The monoisotopic (exact) mass is 302 g/mol. The second-order valence-electron chi connectivity index (χ2n) is 6.45. The van der Waals surface area contributed by atoms with Crippen molar-refractivity contribution in [1.82, 2.24) is 4.90 Å². The summed E-state index contributed by atoms with van der Waals surface area (Å²) in [4.78, 5) is 17.0. The van der Waals surface area contributed by atoms with E-state index in [0.29, 0.717) is 25.2 Å². The Kier molecular flexibility index (Phi) is 4.98. The number of rotatable bonds is 7. The summed E-state index contributed by atoms with van der Waals surface area (Å²) in [7, 11) is 0. The molecule has 2 aliphatic carbocycles. The first-order valence-corrected chi connectivity index (χ1v) is 8.51. The first kappa shape index (κ1) is 15.3. The maximum Gasteiger partial charge on any atom is 0.242 e. The zero-order valence-corrected chi connectivity index (χ0v) is 13.2. The molecule has 0 atom stereocenters. The van der Waals surface area contributed by atoms with Gasteiger partial charge >= 0.3 is 0 Å². The summed E-state index contributed by atoms with van der Waals surface area (Å²) >= 11 is 0. The van der Waals surface area contributed by atoms with Crippen molar-refractivity contribution in [3.05, 3.63) is 30.3 Å². The van der Waals surface area contributed by atoms with Gasteiger partial charge in [0.25, 0.3) is 0 Å². The lowest BCUT2D eigenvalue weighted by Gasteiger charge is -2.32. The fourth-order valence-corrected chi connectivity index (χ4v) is 3.54. The van der Waals surface area contributed by atoms with Crippen LogP contribution in [0.3, 0.4) is 0 Å². The minimum absolute atomic E-state index is 0.0645. The Morgan fingerprint density at radius 1 is 1.05 bits per heavy atom. The highest BCUT2D eigenvalue weighted by atomic mass is 16.3. The van der Waals surface area contributed by atoms with Gasteiger partial charge in [-0.3, -0.25) is 4.79 Å². The van der Waals surface area contributed by atoms with E-state index in [1.807, 2.05) is 35.2 Å². The van der Waals surface area contributed by atoms with Gasteiger partial charge in [0.1, 0.15) is 0 Å². The van der Waals surface area contributed by atoms with Crippen molar-refractivity contribution >= 4 is 11.6 Å². The van der Waals surface area contributed by atoms with Crippen LogP contribution in [-0.2, 0) is 4.79 Å². The average molecular weight is 302 g/mol. The van der Waals surface area contributed by atoms with Crippen LogP contribution in [0.1, 0.15) is 38.5 Å². The lowest BCUT2D eigenvalue weighted by Crippen LogP contribution is -2.46. The molecule has 0 bridgehead atoms. The van der Waals surface area contributed by atoms with Crippen LogP contribution < -0.4 is 4.90 Å². The van der Waals surface area contributed by atoms with Gasteiger partial charge in [-0.25, -0.2) is 0 Å². The summed E-state index contributed by atoms with van der Waals surface area (Å²) in [5, 5.41) is 9.32. The fourth-order valence-electron chi connectivity index (χ4n) is 3.54. The molecule has 4 heteroatoms. The molecule has 2 fully saturated rings. The van der Waals surface area contributed by atoms with Crippen molar-refractivity contribution in [2.45, 2.75) is 50.6 Å². The number of benzene rings is 1. The first-order valence-electron chi connectivity index (χ1n) is 8.51. The molecule has 2 saturated carbocycles. The molecular formula is C18H26N2O2. The second-order valence-corrected chi connectivity index (χ2v) is 6.45. The number of carbonyl (C=O) groups is 1. The lowest BCUT2D eigenvalue weighted by atomic mass is 10.2. The number of nitrogens with zero attached hydrogens (tertiary/aromatic N) is 2. The molecule has 2 aliphatic rings. The van der Waals surface area contributed by atoms with Crippen molar-refractivity contribution in [2.75, 3.05) is 24.6 Å². The highest BCUT2D eigenvalue weighted by molar-refractivity contribution is 5.82. The molecule has 0 aromatic heterocycles. The van der Waals surface area contributed by atoms with Crippen LogP contribution in [0.2, 0.25) is 0 Å². The van der Waals surface area contributed by atoms with E-state index in [1.165, 1.54) is 12.8 Å². The largest absolute Gasteiger partial charge is 0.395 e. The van der Waals surface area contributed by atoms with E-state index in [0.717, 1.165) is 31.4 Å². The van der Waals surface area contributed by atoms with E-state index in [2.05, 4.69) is 4.90 Å².